The number of piperidine rings is 1. The highest BCUT2D eigenvalue weighted by atomic mass is 16.6. The Labute approximate surface area is 410 Å². The lowest BCUT2D eigenvalue weighted by Gasteiger charge is -2.42. The number of ketones is 2. The number of carbonyl (C=O) groups is 4. The van der Waals surface area contributed by atoms with Gasteiger partial charge < -0.3 is 48.6 Å². The van der Waals surface area contributed by atoms with Gasteiger partial charge in [0.25, 0.3) is 11.7 Å². The second kappa shape index (κ2) is 27.3. The number of hydrogen-bond donors (Lipinski definition) is 3. The van der Waals surface area contributed by atoms with E-state index < -0.39 is 96.8 Å². The number of esters is 1. The van der Waals surface area contributed by atoms with Crippen molar-refractivity contribution in [2.24, 2.45) is 35.5 Å². The Balaban J connectivity index is 1.76. The lowest BCUT2D eigenvalue weighted by atomic mass is 9.78. The van der Waals surface area contributed by atoms with E-state index in [0.717, 1.165) is 10.5 Å². The van der Waals surface area contributed by atoms with Crippen LogP contribution in [0.15, 0.2) is 59.8 Å². The smallest absolute Gasteiger partial charge is 0.329 e. The first-order chi connectivity index (χ1) is 33.5. The second-order valence-electron chi connectivity index (χ2n) is 20.0. The quantitative estimate of drug-likeness (QED) is 0.120. The molecule has 4 rings (SSSR count). The van der Waals surface area contributed by atoms with Gasteiger partial charge >= 0.3 is 5.97 Å². The van der Waals surface area contributed by atoms with Crippen LogP contribution in [0, 0.1) is 35.5 Å². The average Bonchev–Trinajstić information content (AvgIpc) is 3.33. The second-order valence-corrected chi connectivity index (χ2v) is 20.0. The maximum absolute atomic E-state index is 14.6. The third-order valence-corrected chi connectivity index (χ3v) is 14.9. The van der Waals surface area contributed by atoms with Gasteiger partial charge in [0.15, 0.2) is 0 Å². The van der Waals surface area contributed by atoms with Crippen LogP contribution in [0.1, 0.15) is 130 Å². The topological polar surface area (TPSA) is 188 Å². The van der Waals surface area contributed by atoms with E-state index >= 15 is 0 Å². The third-order valence-electron chi connectivity index (χ3n) is 14.9. The van der Waals surface area contributed by atoms with Crippen molar-refractivity contribution in [1.82, 2.24) is 4.90 Å². The predicted octanol–water partition coefficient (Wildman–Crippen LogP) is 7.18. The number of rotatable bonds is 9. The third kappa shape index (κ3) is 15.3. The summed E-state index contributed by atoms with van der Waals surface area (Å²) in [7, 11) is 4.61. The molecule has 0 aromatic carbocycles. The Morgan fingerprint density at radius 3 is 2.35 bits per heavy atom. The minimum atomic E-state index is -2.86. The number of allylic oxidation sites excluding steroid dienone is 6. The number of methoxy groups -OCH3 is 3. The van der Waals surface area contributed by atoms with E-state index in [0.29, 0.717) is 69.8 Å². The van der Waals surface area contributed by atoms with Crippen molar-refractivity contribution < 1.29 is 67.0 Å². The van der Waals surface area contributed by atoms with Crippen LogP contribution in [0.25, 0.3) is 0 Å². The number of ether oxygens (including phenoxy) is 6. The molecule has 1 aliphatic carbocycles. The summed E-state index contributed by atoms with van der Waals surface area (Å²) in [6, 6.07) is -1.25. The van der Waals surface area contributed by atoms with Crippen molar-refractivity contribution >= 4 is 23.4 Å². The zero-order valence-corrected chi connectivity index (χ0v) is 42.2. The number of hydrogen-bond acceptors (Lipinski definition) is 13. The van der Waals surface area contributed by atoms with Crippen LogP contribution in [0.4, 0.5) is 0 Å². The Kier molecular flexibility index (Phi) is 21.1. The lowest BCUT2D eigenvalue weighted by Crippen LogP contribution is -2.61. The van der Waals surface area contributed by atoms with Gasteiger partial charge in [-0.1, -0.05) is 77.6 Å². The number of aliphatic hydroxyl groups excluding tert-OH is 2. The fourth-order valence-corrected chi connectivity index (χ4v) is 10.4. The van der Waals surface area contributed by atoms with E-state index in [2.05, 4.69) is 19.6 Å². The van der Waals surface area contributed by atoms with Crippen LogP contribution < -0.4 is 0 Å². The zero-order chi connectivity index (χ0) is 52.8. The molecule has 3 aliphatic heterocycles. The summed E-state index contributed by atoms with van der Waals surface area (Å²) in [5.74, 6) is -9.31. The van der Waals surface area contributed by atoms with Crippen molar-refractivity contribution in [1.29, 1.82) is 0 Å². The largest absolute Gasteiger partial charge is 0.460 e. The molecule has 1 amide bonds. The van der Waals surface area contributed by atoms with E-state index in [1.807, 2.05) is 45.1 Å². The normalized spacial score (nSPS) is 40.0. The first kappa shape index (κ1) is 52.5. The van der Waals surface area contributed by atoms with Gasteiger partial charge in [0.1, 0.15) is 30.1 Å². The van der Waals surface area contributed by atoms with Gasteiger partial charge in [-0.25, -0.2) is 4.79 Å². The maximum Gasteiger partial charge on any atom is 0.329 e. The molecule has 2 bridgehead atoms. The van der Waals surface area contributed by atoms with Gasteiger partial charge in [0, 0.05) is 56.7 Å². The van der Waals surface area contributed by atoms with Crippen molar-refractivity contribution in [3.8, 4) is 0 Å². The van der Waals surface area contributed by atoms with Crippen molar-refractivity contribution in [2.45, 2.75) is 180 Å². The molecule has 0 spiro atoms. The van der Waals surface area contributed by atoms with Crippen LogP contribution in [0.2, 0.25) is 0 Å². The zero-order valence-electron chi connectivity index (χ0n) is 45.2. The molecule has 0 unspecified atom stereocenters. The first-order valence-electron chi connectivity index (χ1n) is 26.4. The fraction of sp³-hybridized carbons (Fsp3) is 0.741. The van der Waals surface area contributed by atoms with Gasteiger partial charge in [-0.3, -0.25) is 14.4 Å². The average molecular weight is 959 g/mol. The van der Waals surface area contributed by atoms with Gasteiger partial charge in [0.05, 0.1) is 37.6 Å². The lowest BCUT2D eigenvalue weighted by molar-refractivity contribution is -0.265. The Morgan fingerprint density at radius 1 is 0.926 bits per heavy atom. The monoisotopic (exact) mass is 959 g/mol. The summed E-state index contributed by atoms with van der Waals surface area (Å²) in [5.41, 5.74) is 1.68. The van der Waals surface area contributed by atoms with Gasteiger partial charge in [-0.2, -0.15) is 0 Å². The fourth-order valence-electron chi connectivity index (χ4n) is 10.4. The van der Waals surface area contributed by atoms with Crippen LogP contribution in [0.5, 0.6) is 0 Å². The summed E-state index contributed by atoms with van der Waals surface area (Å²) in [6.45, 7) is 12.5. The minimum absolute atomic E-state index is 0.0237. The number of carbonyl (C=O) groups excluding carboxylic acids is 4. The molecule has 384 valence electrons. The van der Waals surface area contributed by atoms with Crippen molar-refractivity contribution in [3.05, 3.63) is 59.8 Å². The molecule has 3 heterocycles. The number of aliphatic hydroxyl groups is 3. The first-order valence-corrected chi connectivity index (χ1v) is 24.9. The van der Waals surface area contributed by atoms with Crippen LogP contribution in [-0.2, 0) is 47.6 Å². The van der Waals surface area contributed by atoms with Crippen LogP contribution in [-0.4, -0.2) is 139 Å². The summed E-state index contributed by atoms with van der Waals surface area (Å²) >= 11 is 0. The van der Waals surface area contributed by atoms with E-state index in [9.17, 15) is 34.5 Å². The molecule has 68 heavy (non-hydrogen) atoms. The van der Waals surface area contributed by atoms with Crippen LogP contribution in [0.3, 0.4) is 0 Å². The molecule has 0 radical (unpaired) electrons. The molecule has 14 nitrogen and oxygen atoms in total. The Hall–Kier alpha value is -3.34. The number of cyclic esters (lactones) is 1. The molecule has 1 saturated carbocycles. The minimum Gasteiger partial charge on any atom is -0.460 e. The molecule has 4 aliphatic rings. The SMILES string of the molecule is [2H]C([2H])([2H])[C@@H]1/C=C(\C)[C@@H](O)[C@@H](OC)C(=C)[C@H](C)C[C@H](C)/C=C/C=C/C=C(\C)[C@@H](OC)C[C@@H]2CC[C@@H](C)[C@@](O)(O2)C(=O)C(=O)N2CCCC[C@H]2C(=O)O[C@H]([C@H](C)C[C@@H]2CC[C@@H](OCCO)[C@H](OC)C2)CC1=O. The van der Waals surface area contributed by atoms with Gasteiger partial charge in [-0.15, -0.1) is 0 Å². The van der Waals surface area contributed by atoms with E-state index in [1.165, 1.54) is 13.2 Å². The van der Waals surface area contributed by atoms with E-state index in [1.54, 1.807) is 28.1 Å². The molecule has 15 atom stereocenters. The number of nitrogens with zero attached hydrogens (tertiary/aromatic N) is 1. The number of Topliss-reactive ketones (excluding diaryl/α,β-unsaturated/α-hetero) is 2. The van der Waals surface area contributed by atoms with Crippen LogP contribution >= 0.6 is 0 Å². The van der Waals surface area contributed by atoms with Crippen molar-refractivity contribution in [2.75, 3.05) is 41.1 Å². The molecule has 3 N–H and O–H groups in total. The Morgan fingerprint density at radius 2 is 1.68 bits per heavy atom. The predicted molar refractivity (Wildman–Crippen MR) is 260 cm³/mol. The molecular weight excluding hydrogens is 871 g/mol. The Bertz CT molecular complexity index is 1920. The highest BCUT2D eigenvalue weighted by molar-refractivity contribution is 6.39. The molecule has 0 aromatic heterocycles. The number of fused-ring (bicyclic) bond motifs is 3. The molecular formula is C54H85NO13. The summed E-state index contributed by atoms with van der Waals surface area (Å²) in [4.78, 5) is 58.9. The summed E-state index contributed by atoms with van der Waals surface area (Å²) < 4.78 is 61.3. The number of amides is 1. The van der Waals surface area contributed by atoms with Crippen molar-refractivity contribution in [3.63, 3.8) is 0 Å². The highest BCUT2D eigenvalue weighted by Gasteiger charge is 2.53. The summed E-state index contributed by atoms with van der Waals surface area (Å²) in [5, 5.41) is 33.1. The van der Waals surface area contributed by atoms with Gasteiger partial charge in [-0.05, 0) is 118 Å². The van der Waals surface area contributed by atoms with Gasteiger partial charge in [0.2, 0.25) is 5.79 Å². The highest BCUT2D eigenvalue weighted by Crippen LogP contribution is 2.38. The molecule has 2 saturated heterocycles. The molecule has 0 aromatic rings. The van der Waals surface area contributed by atoms with E-state index in [4.69, 9.17) is 32.5 Å². The van der Waals surface area contributed by atoms with E-state index in [-0.39, 0.29) is 61.7 Å². The summed E-state index contributed by atoms with van der Waals surface area (Å²) in [6.07, 6.45) is 10.8. The molecule has 3 fully saturated rings. The standard InChI is InChI=1S/C54H85NO13/c1-33-17-13-12-14-18-34(2)46(63-9)31-42-22-20-39(7)54(62,68-42)51(59)52(60)55-24-16-15-19-43(55)53(61)67-47(37(5)29-41-21-23-45(66-26-25-56)48(30-41)64-10)32-44(57)36(4)28-38(6)49(58)50(65-11)40(8)35(3)27-33/h12-14,17-18,28,33,35-37,39,41-43,45-50,56,58,62H,8,15-16,19-27,29-32H2,1-7,9-11H3/b14-12+,17-13+,34-18+,38-28+/t33-,35-,36-,37-,39-,41+,42+,43+,45-,46+,47+,48-,49-,50+,54-/m1/s1/i4D3. The molecule has 14 heteroatoms. The maximum atomic E-state index is 14.6.